The number of hydrogen-bond donors (Lipinski definition) is 1. The fourth-order valence-electron chi connectivity index (χ4n) is 7.17. The van der Waals surface area contributed by atoms with Crippen LogP contribution in [-0.2, 0) is 5.41 Å². The number of halogens is 1. The van der Waals surface area contributed by atoms with Crippen molar-refractivity contribution in [2.75, 3.05) is 18.4 Å². The van der Waals surface area contributed by atoms with E-state index in [1.807, 2.05) is 12.1 Å². The normalized spacial score (nSPS) is 26.9. The molecule has 1 amide bonds. The van der Waals surface area contributed by atoms with Crippen molar-refractivity contribution in [2.24, 2.45) is 5.92 Å². The van der Waals surface area contributed by atoms with Crippen molar-refractivity contribution >= 4 is 17.7 Å². The van der Waals surface area contributed by atoms with E-state index >= 15 is 0 Å². The number of carbonyl (C=O) groups is 1. The molecule has 1 N–H and O–H groups in total. The average Bonchev–Trinajstić information content (AvgIpc) is 3.52. The van der Waals surface area contributed by atoms with E-state index in [4.69, 9.17) is 0 Å². The van der Waals surface area contributed by atoms with Crippen LogP contribution in [0.3, 0.4) is 0 Å². The Labute approximate surface area is 219 Å². The van der Waals surface area contributed by atoms with Crippen molar-refractivity contribution < 1.29 is 9.18 Å². The molecule has 37 heavy (non-hydrogen) atoms. The lowest BCUT2D eigenvalue weighted by Crippen LogP contribution is -2.50. The van der Waals surface area contributed by atoms with Gasteiger partial charge in [0, 0.05) is 29.3 Å². The van der Waals surface area contributed by atoms with Gasteiger partial charge in [0.15, 0.2) is 0 Å². The maximum absolute atomic E-state index is 13.5. The monoisotopic (exact) mass is 494 g/mol. The minimum atomic E-state index is -0.358. The Morgan fingerprint density at radius 3 is 2.73 bits per heavy atom. The first kappa shape index (κ1) is 24.1. The first-order chi connectivity index (χ1) is 17.9. The third kappa shape index (κ3) is 4.42. The molecule has 6 rings (SSSR count). The molecule has 0 radical (unpaired) electrons. The third-order valence-electron chi connectivity index (χ3n) is 9.20. The molecule has 1 saturated carbocycles. The lowest BCUT2D eigenvalue weighted by atomic mass is 9.68. The number of piperidine rings is 1. The number of aryl methyl sites for hydroxylation is 1. The summed E-state index contributed by atoms with van der Waals surface area (Å²) in [6.07, 6.45) is 9.61. The molecular weight excluding hydrogens is 459 g/mol. The van der Waals surface area contributed by atoms with Gasteiger partial charge in [-0.3, -0.25) is 4.79 Å². The molecule has 1 heterocycles. The van der Waals surface area contributed by atoms with E-state index in [9.17, 15) is 9.18 Å². The number of allylic oxidation sites excluding steroid dienone is 1. The predicted molar refractivity (Wildman–Crippen MR) is 148 cm³/mol. The highest BCUT2D eigenvalue weighted by molar-refractivity contribution is 6.04. The number of hydrogen-bond acceptors (Lipinski definition) is 2. The Bertz CT molecular complexity index is 1360. The van der Waals surface area contributed by atoms with Crippen LogP contribution in [0.25, 0.3) is 6.08 Å². The molecule has 3 unspecified atom stereocenters. The highest BCUT2D eigenvalue weighted by Gasteiger charge is 2.45. The zero-order chi connectivity index (χ0) is 25.6. The molecule has 3 nitrogen and oxygen atoms in total. The maximum atomic E-state index is 13.5. The smallest absolute Gasteiger partial charge is 0.255 e. The third-order valence-corrected chi connectivity index (χ3v) is 9.20. The fourth-order valence-corrected chi connectivity index (χ4v) is 7.17. The van der Waals surface area contributed by atoms with Crippen molar-refractivity contribution in [3.63, 3.8) is 0 Å². The lowest BCUT2D eigenvalue weighted by molar-refractivity contribution is 0.0898. The quantitative estimate of drug-likeness (QED) is 0.412. The summed E-state index contributed by atoms with van der Waals surface area (Å²) >= 11 is 0. The van der Waals surface area contributed by atoms with E-state index in [0.29, 0.717) is 29.1 Å². The second-order valence-electron chi connectivity index (χ2n) is 11.3. The lowest BCUT2D eigenvalue weighted by Gasteiger charge is -2.46. The van der Waals surface area contributed by atoms with E-state index in [1.165, 1.54) is 54.5 Å². The van der Waals surface area contributed by atoms with Crippen molar-refractivity contribution in [1.82, 2.24) is 4.90 Å². The van der Waals surface area contributed by atoms with Gasteiger partial charge in [-0.2, -0.15) is 0 Å². The van der Waals surface area contributed by atoms with E-state index < -0.39 is 0 Å². The van der Waals surface area contributed by atoms with Gasteiger partial charge in [0.05, 0.1) is 0 Å². The SMILES string of the molecule is Cc1cc(C(=O)Nc2cccc(F)c2)ccc1C1CCC(N2CCC3(C=Cc4ccccc43)[C@@H](C)C2)C1. The molecule has 0 aromatic heterocycles. The number of carbonyl (C=O) groups excluding carboxylic acids is 1. The molecule has 1 saturated heterocycles. The van der Waals surface area contributed by atoms with Crippen LogP contribution in [0.4, 0.5) is 10.1 Å². The van der Waals surface area contributed by atoms with Gasteiger partial charge in [-0.1, -0.05) is 55.5 Å². The number of likely N-dealkylation sites (tertiary alicyclic amines) is 1. The standard InChI is InChI=1S/C33H35FN2O/c1-22-18-26(32(37)35-28-8-5-7-27(34)20-28)11-13-30(22)25-10-12-29(19-25)36-17-16-33(23(2)21-36)15-14-24-6-3-4-9-31(24)33/h3-9,11,13-15,18,20,23,25,29H,10,12,16-17,19,21H2,1-2H3,(H,35,37)/t23-,25?,29?,33?/m0/s1. The number of anilines is 1. The zero-order valence-electron chi connectivity index (χ0n) is 21.7. The Kier molecular flexibility index (Phi) is 6.24. The van der Waals surface area contributed by atoms with Crippen LogP contribution in [0, 0.1) is 18.7 Å². The predicted octanol–water partition coefficient (Wildman–Crippen LogP) is 7.33. The number of rotatable bonds is 4. The Hall–Kier alpha value is -3.24. The van der Waals surface area contributed by atoms with Gasteiger partial charge in [-0.15, -0.1) is 0 Å². The first-order valence-electron chi connectivity index (χ1n) is 13.6. The van der Waals surface area contributed by atoms with Gasteiger partial charge in [0.2, 0.25) is 0 Å². The number of nitrogens with one attached hydrogen (secondary N) is 1. The Morgan fingerprint density at radius 1 is 1.05 bits per heavy atom. The highest BCUT2D eigenvalue weighted by Crippen LogP contribution is 2.48. The summed E-state index contributed by atoms with van der Waals surface area (Å²) in [6.45, 7) is 6.84. The molecule has 190 valence electrons. The van der Waals surface area contributed by atoms with Crippen LogP contribution >= 0.6 is 0 Å². The molecule has 4 heteroatoms. The van der Waals surface area contributed by atoms with E-state index in [0.717, 1.165) is 18.7 Å². The summed E-state index contributed by atoms with van der Waals surface area (Å²) < 4.78 is 13.5. The summed E-state index contributed by atoms with van der Waals surface area (Å²) in [6, 6.07) is 21.6. The highest BCUT2D eigenvalue weighted by atomic mass is 19.1. The molecule has 4 atom stereocenters. The van der Waals surface area contributed by atoms with Gasteiger partial charge < -0.3 is 10.2 Å². The largest absolute Gasteiger partial charge is 0.322 e. The van der Waals surface area contributed by atoms with Crippen LogP contribution in [0.15, 0.2) is 72.8 Å². The van der Waals surface area contributed by atoms with E-state index in [-0.39, 0.29) is 17.1 Å². The summed E-state index contributed by atoms with van der Waals surface area (Å²) in [5, 5.41) is 2.81. The van der Waals surface area contributed by atoms with Crippen molar-refractivity contribution in [1.29, 1.82) is 0 Å². The number of nitrogens with zero attached hydrogens (tertiary/aromatic N) is 1. The second kappa shape index (κ2) is 9.57. The summed E-state index contributed by atoms with van der Waals surface area (Å²) in [5.74, 6) is 0.563. The topological polar surface area (TPSA) is 32.3 Å². The number of amides is 1. The van der Waals surface area contributed by atoms with Gasteiger partial charge in [-0.05, 0) is 104 Å². The molecule has 3 aromatic carbocycles. The second-order valence-corrected chi connectivity index (χ2v) is 11.3. The summed E-state index contributed by atoms with van der Waals surface area (Å²) in [5.41, 5.74) is 6.72. The zero-order valence-corrected chi connectivity index (χ0v) is 21.7. The molecule has 3 aromatic rings. The van der Waals surface area contributed by atoms with Crippen molar-refractivity contribution in [2.45, 2.75) is 56.9 Å². The van der Waals surface area contributed by atoms with Crippen LogP contribution in [0.2, 0.25) is 0 Å². The maximum Gasteiger partial charge on any atom is 0.255 e. The van der Waals surface area contributed by atoms with Crippen molar-refractivity contribution in [3.05, 3.63) is 106 Å². The van der Waals surface area contributed by atoms with Crippen molar-refractivity contribution in [3.8, 4) is 0 Å². The van der Waals surface area contributed by atoms with Gasteiger partial charge in [0.1, 0.15) is 5.82 Å². The van der Waals surface area contributed by atoms with Gasteiger partial charge in [-0.25, -0.2) is 4.39 Å². The molecular formula is C33H35FN2O. The van der Waals surface area contributed by atoms with E-state index in [1.54, 1.807) is 12.1 Å². The molecule has 3 aliphatic rings. The Balaban J connectivity index is 1.10. The molecule has 0 bridgehead atoms. The summed E-state index contributed by atoms with van der Waals surface area (Å²) in [4.78, 5) is 15.5. The number of fused-ring (bicyclic) bond motifs is 2. The summed E-state index contributed by atoms with van der Waals surface area (Å²) in [7, 11) is 0. The van der Waals surface area contributed by atoms with Gasteiger partial charge >= 0.3 is 0 Å². The Morgan fingerprint density at radius 2 is 1.92 bits per heavy atom. The minimum absolute atomic E-state index is 0.198. The molecule has 1 spiro atoms. The minimum Gasteiger partial charge on any atom is -0.322 e. The van der Waals surface area contributed by atoms with Crippen LogP contribution in [0.5, 0.6) is 0 Å². The number of benzene rings is 3. The van der Waals surface area contributed by atoms with E-state index in [2.05, 4.69) is 66.5 Å². The van der Waals surface area contributed by atoms with Crippen LogP contribution in [0.1, 0.15) is 71.1 Å². The molecule has 2 aliphatic carbocycles. The average molecular weight is 495 g/mol. The molecule has 1 aliphatic heterocycles. The van der Waals surface area contributed by atoms with Crippen LogP contribution < -0.4 is 5.32 Å². The van der Waals surface area contributed by atoms with Crippen LogP contribution in [-0.4, -0.2) is 29.9 Å². The molecule has 2 fully saturated rings. The van der Waals surface area contributed by atoms with Gasteiger partial charge in [0.25, 0.3) is 5.91 Å². The fraction of sp³-hybridized carbons (Fsp3) is 0.364. The first-order valence-corrected chi connectivity index (χ1v) is 13.6.